The van der Waals surface area contributed by atoms with Crippen molar-refractivity contribution in [2.45, 2.75) is 17.1 Å². The summed E-state index contributed by atoms with van der Waals surface area (Å²) in [5.41, 5.74) is 2.69. The molecule has 0 bridgehead atoms. The van der Waals surface area contributed by atoms with Crippen LogP contribution in [0.15, 0.2) is 81.5 Å². The Kier molecular flexibility index (Phi) is 8.86. The smallest absolute Gasteiger partial charge is 0.263 e. The first-order valence-electron chi connectivity index (χ1n) is 11.2. The van der Waals surface area contributed by atoms with Gasteiger partial charge in [-0.05, 0) is 49.4 Å². The number of hydrogen-bond acceptors (Lipinski definition) is 7. The molecule has 3 aromatic carbocycles. The van der Waals surface area contributed by atoms with Gasteiger partial charge in [-0.3, -0.25) is 9.59 Å². The van der Waals surface area contributed by atoms with Crippen LogP contribution in [0.25, 0.3) is 11.3 Å². The number of hydrogen-bond donors (Lipinski definition) is 2. The lowest BCUT2D eigenvalue weighted by Gasteiger charge is -2.14. The summed E-state index contributed by atoms with van der Waals surface area (Å²) >= 11 is 6.20. The Hall–Kier alpha value is -3.34. The number of amides is 2. The van der Waals surface area contributed by atoms with Crippen LogP contribution >= 0.6 is 39.0 Å². The number of ether oxygens (including phenoxy) is 2. The highest BCUT2D eigenvalue weighted by molar-refractivity contribution is 9.10. The second-order valence-corrected chi connectivity index (χ2v) is 11.0. The average Bonchev–Trinajstić information content (AvgIpc) is 3.37. The molecule has 2 N–H and O–H groups in total. The maximum Gasteiger partial charge on any atom is 0.263 e. The number of nitrogens with zero attached hydrogens (tertiary/aromatic N) is 1. The van der Waals surface area contributed by atoms with E-state index in [2.05, 4.69) is 31.5 Å². The molecule has 1 aromatic heterocycles. The van der Waals surface area contributed by atoms with Gasteiger partial charge in [-0.25, -0.2) is 4.98 Å². The molecule has 10 heteroatoms. The zero-order valence-electron chi connectivity index (χ0n) is 20.3. The number of thioether (sulfide) groups is 1. The summed E-state index contributed by atoms with van der Waals surface area (Å²) in [5, 5.41) is 7.86. The number of methoxy groups -OCH3 is 2. The van der Waals surface area contributed by atoms with Crippen LogP contribution in [-0.2, 0) is 4.79 Å². The highest BCUT2D eigenvalue weighted by Gasteiger charge is 2.20. The Labute approximate surface area is 231 Å². The van der Waals surface area contributed by atoms with Crippen LogP contribution in [0.1, 0.15) is 17.3 Å². The standard InChI is InChI=1S/C27H24BrN3O4S2/c1-16(25(32)31-27-30-21(15-36-27)17-10-12-18(28)13-11-17)37-20-7-4-6-19(14-20)29-26(33)24-22(34-2)8-5-9-23(24)35-3/h4-16H,1-3H3,(H,29,33)(H,30,31,32). The molecule has 0 fully saturated rings. The van der Waals surface area contributed by atoms with Gasteiger partial charge in [0.1, 0.15) is 17.1 Å². The predicted octanol–water partition coefficient (Wildman–Crippen LogP) is 6.96. The van der Waals surface area contributed by atoms with Gasteiger partial charge in [-0.2, -0.15) is 0 Å². The minimum atomic E-state index is -0.389. The monoisotopic (exact) mass is 597 g/mol. The zero-order valence-corrected chi connectivity index (χ0v) is 23.5. The van der Waals surface area contributed by atoms with Gasteiger partial charge in [-0.1, -0.05) is 40.2 Å². The molecule has 0 radical (unpaired) electrons. The fourth-order valence-electron chi connectivity index (χ4n) is 3.46. The summed E-state index contributed by atoms with van der Waals surface area (Å²) in [6, 6.07) is 20.3. The lowest BCUT2D eigenvalue weighted by Crippen LogP contribution is -2.22. The van der Waals surface area contributed by atoms with E-state index in [1.165, 1.54) is 37.3 Å². The van der Waals surface area contributed by atoms with Crippen LogP contribution in [-0.4, -0.2) is 36.3 Å². The van der Waals surface area contributed by atoms with Gasteiger partial charge in [0, 0.05) is 26.0 Å². The normalized spacial score (nSPS) is 11.5. The lowest BCUT2D eigenvalue weighted by atomic mass is 10.1. The molecule has 1 heterocycles. The fourth-order valence-corrected chi connectivity index (χ4v) is 5.38. The zero-order chi connectivity index (χ0) is 26.4. The topological polar surface area (TPSA) is 89.5 Å². The Morgan fingerprint density at radius 2 is 1.65 bits per heavy atom. The summed E-state index contributed by atoms with van der Waals surface area (Å²) in [7, 11) is 3.01. The number of halogens is 1. The summed E-state index contributed by atoms with van der Waals surface area (Å²) in [6.07, 6.45) is 0. The minimum absolute atomic E-state index is 0.157. The molecule has 0 aliphatic heterocycles. The van der Waals surface area contributed by atoms with Crippen molar-refractivity contribution in [3.05, 3.63) is 82.1 Å². The molecule has 190 valence electrons. The highest BCUT2D eigenvalue weighted by Crippen LogP contribution is 2.31. The van der Waals surface area contributed by atoms with E-state index in [1.807, 2.05) is 54.8 Å². The number of thiazole rings is 1. The highest BCUT2D eigenvalue weighted by atomic mass is 79.9. The third kappa shape index (κ3) is 6.71. The molecule has 0 aliphatic carbocycles. The molecule has 7 nitrogen and oxygen atoms in total. The van der Waals surface area contributed by atoms with E-state index in [9.17, 15) is 9.59 Å². The summed E-state index contributed by atoms with van der Waals surface area (Å²) in [6.45, 7) is 1.83. The molecule has 4 aromatic rings. The van der Waals surface area contributed by atoms with Crippen LogP contribution in [0.2, 0.25) is 0 Å². The van der Waals surface area contributed by atoms with Crippen LogP contribution in [0, 0.1) is 0 Å². The molecular weight excluding hydrogens is 574 g/mol. The SMILES string of the molecule is COc1cccc(OC)c1C(=O)Nc1cccc(SC(C)C(=O)Nc2nc(-c3ccc(Br)cc3)cs2)c1. The number of rotatable bonds is 9. The van der Waals surface area contributed by atoms with Crippen molar-refractivity contribution in [2.24, 2.45) is 0 Å². The van der Waals surface area contributed by atoms with Crippen LogP contribution in [0.5, 0.6) is 11.5 Å². The first-order valence-corrected chi connectivity index (χ1v) is 13.7. The van der Waals surface area contributed by atoms with Crippen molar-refractivity contribution in [1.29, 1.82) is 0 Å². The molecule has 4 rings (SSSR count). The Bertz CT molecular complexity index is 1390. The lowest BCUT2D eigenvalue weighted by molar-refractivity contribution is -0.115. The van der Waals surface area contributed by atoms with Gasteiger partial charge >= 0.3 is 0 Å². The number of anilines is 2. The average molecular weight is 599 g/mol. The van der Waals surface area contributed by atoms with E-state index < -0.39 is 0 Å². The number of carbonyl (C=O) groups is 2. The second-order valence-electron chi connectivity index (χ2n) is 7.81. The summed E-state index contributed by atoms with van der Waals surface area (Å²) in [5.74, 6) is 0.318. The molecule has 0 saturated heterocycles. The Morgan fingerprint density at radius 1 is 0.973 bits per heavy atom. The predicted molar refractivity (Wildman–Crippen MR) is 153 cm³/mol. The molecule has 0 spiro atoms. The van der Waals surface area contributed by atoms with E-state index in [0.717, 1.165) is 20.6 Å². The van der Waals surface area contributed by atoms with E-state index in [-0.39, 0.29) is 17.1 Å². The number of aromatic nitrogens is 1. The van der Waals surface area contributed by atoms with Gasteiger partial charge in [0.25, 0.3) is 5.91 Å². The van der Waals surface area contributed by atoms with Crippen LogP contribution < -0.4 is 20.1 Å². The first kappa shape index (κ1) is 26.7. The molecule has 1 unspecified atom stereocenters. The number of carbonyl (C=O) groups excluding carboxylic acids is 2. The quantitative estimate of drug-likeness (QED) is 0.203. The van der Waals surface area contributed by atoms with Crippen molar-refractivity contribution in [1.82, 2.24) is 4.98 Å². The fraction of sp³-hybridized carbons (Fsp3) is 0.148. The van der Waals surface area contributed by atoms with Crippen molar-refractivity contribution in [3.63, 3.8) is 0 Å². The molecule has 2 amide bonds. The summed E-state index contributed by atoms with van der Waals surface area (Å²) < 4.78 is 11.7. The van der Waals surface area contributed by atoms with E-state index in [4.69, 9.17) is 9.47 Å². The number of nitrogens with one attached hydrogen (secondary N) is 2. The van der Waals surface area contributed by atoms with Crippen molar-refractivity contribution in [3.8, 4) is 22.8 Å². The largest absolute Gasteiger partial charge is 0.496 e. The van der Waals surface area contributed by atoms with Crippen LogP contribution in [0.3, 0.4) is 0 Å². The van der Waals surface area contributed by atoms with Crippen molar-refractivity contribution in [2.75, 3.05) is 24.9 Å². The third-order valence-corrected chi connectivity index (χ3v) is 7.68. The maximum atomic E-state index is 13.0. The third-order valence-electron chi connectivity index (χ3n) is 5.30. The van der Waals surface area contributed by atoms with Gasteiger partial charge in [0.15, 0.2) is 5.13 Å². The van der Waals surface area contributed by atoms with Crippen molar-refractivity contribution < 1.29 is 19.1 Å². The van der Waals surface area contributed by atoms with Gasteiger partial charge in [0.2, 0.25) is 5.91 Å². The van der Waals surface area contributed by atoms with Gasteiger partial charge in [-0.15, -0.1) is 23.1 Å². The van der Waals surface area contributed by atoms with Crippen molar-refractivity contribution >= 4 is 61.7 Å². The molecular formula is C27H24BrN3O4S2. The molecule has 0 aliphatic rings. The van der Waals surface area contributed by atoms with E-state index in [1.54, 1.807) is 24.3 Å². The molecule has 0 saturated carbocycles. The number of benzene rings is 3. The van der Waals surface area contributed by atoms with Gasteiger partial charge in [0.05, 0.1) is 25.2 Å². The molecule has 1 atom stereocenters. The van der Waals surface area contributed by atoms with E-state index >= 15 is 0 Å². The Balaban J connectivity index is 1.39. The van der Waals surface area contributed by atoms with Gasteiger partial charge < -0.3 is 20.1 Å². The molecule has 37 heavy (non-hydrogen) atoms. The Morgan fingerprint density at radius 3 is 2.32 bits per heavy atom. The van der Waals surface area contributed by atoms with Crippen LogP contribution in [0.4, 0.5) is 10.8 Å². The second kappa shape index (κ2) is 12.3. The summed E-state index contributed by atoms with van der Waals surface area (Å²) in [4.78, 5) is 31.2. The first-order chi connectivity index (χ1) is 17.9. The maximum absolute atomic E-state index is 13.0. The van der Waals surface area contributed by atoms with E-state index in [0.29, 0.717) is 27.9 Å². The minimum Gasteiger partial charge on any atom is -0.496 e.